The van der Waals surface area contributed by atoms with E-state index in [0.29, 0.717) is 36.2 Å². The third-order valence-corrected chi connectivity index (χ3v) is 5.26. The van der Waals surface area contributed by atoms with Gasteiger partial charge in [-0.15, -0.1) is 0 Å². The molecule has 1 aromatic heterocycles. The van der Waals surface area contributed by atoms with E-state index in [4.69, 9.17) is 14.2 Å². The highest BCUT2D eigenvalue weighted by atomic mass is 16.5. The van der Waals surface area contributed by atoms with E-state index in [1.165, 1.54) is 19.2 Å². The summed E-state index contributed by atoms with van der Waals surface area (Å²) in [7, 11) is 0. The Labute approximate surface area is 202 Å². The van der Waals surface area contributed by atoms with Crippen molar-refractivity contribution in [2.24, 2.45) is 0 Å². The second-order valence-electron chi connectivity index (χ2n) is 8.03. The third kappa shape index (κ3) is 7.70. The maximum Gasteiger partial charge on any atom is 0.167 e. The van der Waals surface area contributed by atoms with Crippen LogP contribution >= 0.6 is 0 Å². The zero-order valence-electron chi connectivity index (χ0n) is 20.2. The molecule has 1 aliphatic heterocycles. The van der Waals surface area contributed by atoms with E-state index in [1.807, 2.05) is 24.3 Å². The summed E-state index contributed by atoms with van der Waals surface area (Å²) in [6.07, 6.45) is 8.10. The summed E-state index contributed by atoms with van der Waals surface area (Å²) in [6, 6.07) is 12.7. The number of unbranched alkanes of at least 4 members (excludes halogenated alkanes) is 2. The highest BCUT2D eigenvalue weighted by molar-refractivity contribution is 5.69. The number of benzene rings is 2. The van der Waals surface area contributed by atoms with Crippen molar-refractivity contribution in [3.8, 4) is 40.0 Å². The van der Waals surface area contributed by atoms with Gasteiger partial charge < -0.3 is 19.3 Å². The Morgan fingerprint density at radius 1 is 0.853 bits per heavy atom. The van der Waals surface area contributed by atoms with Crippen LogP contribution < -0.4 is 9.47 Å². The van der Waals surface area contributed by atoms with E-state index >= 15 is 0 Å². The molecule has 0 unspecified atom stereocenters. The molecule has 3 aromatic rings. The van der Waals surface area contributed by atoms with Gasteiger partial charge in [0.2, 0.25) is 0 Å². The number of aromatic hydroxyl groups is 1. The molecule has 182 valence electrons. The summed E-state index contributed by atoms with van der Waals surface area (Å²) in [6.45, 7) is 7.54. The van der Waals surface area contributed by atoms with Gasteiger partial charge in [-0.1, -0.05) is 38.8 Å². The minimum absolute atomic E-state index is 0.128. The van der Waals surface area contributed by atoms with Crippen LogP contribution in [0, 0.1) is 0 Å². The average molecular weight is 466 g/mol. The lowest BCUT2D eigenvalue weighted by atomic mass is 10.1. The Kier molecular flexibility index (Phi) is 10.6. The molecule has 0 spiro atoms. The van der Waals surface area contributed by atoms with Gasteiger partial charge in [-0.2, -0.15) is 0 Å². The first-order valence-electron chi connectivity index (χ1n) is 12.2. The lowest BCUT2D eigenvalue weighted by Crippen LogP contribution is -2.02. The number of phenols is 1. The van der Waals surface area contributed by atoms with Gasteiger partial charge in [-0.3, -0.25) is 0 Å². The van der Waals surface area contributed by atoms with Gasteiger partial charge in [0.1, 0.15) is 23.6 Å². The molecule has 2 heterocycles. The quantitative estimate of drug-likeness (QED) is 0.364. The molecule has 1 N–H and O–H groups in total. The van der Waals surface area contributed by atoms with Crippen molar-refractivity contribution in [2.45, 2.75) is 52.4 Å². The van der Waals surface area contributed by atoms with Gasteiger partial charge >= 0.3 is 0 Å². The van der Waals surface area contributed by atoms with E-state index in [1.54, 1.807) is 18.2 Å². The second kappa shape index (κ2) is 14.2. The summed E-state index contributed by atoms with van der Waals surface area (Å²) >= 11 is 0. The number of para-hydroxylation sites is 1. The molecule has 0 saturated carbocycles. The highest BCUT2D eigenvalue weighted by Crippen LogP contribution is 2.33. The van der Waals surface area contributed by atoms with Crippen molar-refractivity contribution in [3.63, 3.8) is 0 Å². The number of hydrogen-bond acceptors (Lipinski definition) is 7. The number of hydrogen-bond donors (Lipinski definition) is 1. The molecule has 2 aromatic carbocycles. The van der Waals surface area contributed by atoms with E-state index in [9.17, 15) is 5.11 Å². The molecule has 0 amide bonds. The first-order chi connectivity index (χ1) is 16.7. The maximum absolute atomic E-state index is 10.1. The Hall–Kier alpha value is -3.19. The molecule has 34 heavy (non-hydrogen) atoms. The number of nitrogens with zero attached hydrogens (tertiary/aromatic N) is 3. The topological polar surface area (TPSA) is 86.6 Å². The van der Waals surface area contributed by atoms with Crippen LogP contribution in [0.15, 0.2) is 48.8 Å². The molecule has 0 aliphatic carbocycles. The summed E-state index contributed by atoms with van der Waals surface area (Å²) < 4.78 is 16.8. The SMILES string of the molecule is C1CCOC1.CCCCOc1ccc(-c2ncnc(-c3ccccc3O)n2)c(OCCCC)c1. The minimum atomic E-state index is 0.128. The summed E-state index contributed by atoms with van der Waals surface area (Å²) in [5, 5.41) is 10.1. The van der Waals surface area contributed by atoms with Crippen molar-refractivity contribution in [1.82, 2.24) is 15.0 Å². The molecule has 1 aliphatic rings. The van der Waals surface area contributed by atoms with Crippen LogP contribution in [0.5, 0.6) is 17.2 Å². The molecule has 1 saturated heterocycles. The van der Waals surface area contributed by atoms with Gasteiger partial charge in [0, 0.05) is 19.3 Å². The molecule has 7 nitrogen and oxygen atoms in total. The molecular formula is C27H35N3O4. The fraction of sp³-hybridized carbons (Fsp3) is 0.444. The molecule has 1 fully saturated rings. The lowest BCUT2D eigenvalue weighted by Gasteiger charge is -2.13. The summed E-state index contributed by atoms with van der Waals surface area (Å²) in [5.74, 6) is 2.48. The number of rotatable bonds is 10. The summed E-state index contributed by atoms with van der Waals surface area (Å²) in [5.41, 5.74) is 1.33. The van der Waals surface area contributed by atoms with Crippen LogP contribution in [0.1, 0.15) is 52.4 Å². The van der Waals surface area contributed by atoms with Crippen LogP contribution in [0.2, 0.25) is 0 Å². The van der Waals surface area contributed by atoms with Crippen molar-refractivity contribution in [1.29, 1.82) is 0 Å². The lowest BCUT2D eigenvalue weighted by molar-refractivity contribution is 0.198. The molecule has 0 radical (unpaired) electrons. The molecule has 4 rings (SSSR count). The Morgan fingerprint density at radius 2 is 1.53 bits per heavy atom. The van der Waals surface area contributed by atoms with E-state index < -0.39 is 0 Å². The predicted molar refractivity (Wildman–Crippen MR) is 133 cm³/mol. The van der Waals surface area contributed by atoms with Crippen molar-refractivity contribution in [2.75, 3.05) is 26.4 Å². The van der Waals surface area contributed by atoms with Crippen LogP contribution in [-0.2, 0) is 4.74 Å². The number of phenolic OH excluding ortho intramolecular Hbond substituents is 1. The molecule has 0 bridgehead atoms. The van der Waals surface area contributed by atoms with Gasteiger partial charge in [0.05, 0.1) is 24.3 Å². The molecular weight excluding hydrogens is 430 g/mol. The first kappa shape index (κ1) is 25.4. The van der Waals surface area contributed by atoms with Crippen LogP contribution in [0.25, 0.3) is 22.8 Å². The second-order valence-corrected chi connectivity index (χ2v) is 8.03. The van der Waals surface area contributed by atoms with Gasteiger partial charge in [-0.05, 0) is 49.9 Å². The average Bonchev–Trinajstić information content (AvgIpc) is 3.45. The Bertz CT molecular complexity index is 1000. The largest absolute Gasteiger partial charge is 0.507 e. The molecule has 7 heteroatoms. The highest BCUT2D eigenvalue weighted by Gasteiger charge is 2.14. The van der Waals surface area contributed by atoms with E-state index in [-0.39, 0.29) is 5.75 Å². The Morgan fingerprint density at radius 3 is 2.18 bits per heavy atom. The Balaban J connectivity index is 0.000000574. The van der Waals surface area contributed by atoms with Gasteiger partial charge in [0.25, 0.3) is 0 Å². The minimum Gasteiger partial charge on any atom is -0.507 e. The summed E-state index contributed by atoms with van der Waals surface area (Å²) in [4.78, 5) is 13.1. The van der Waals surface area contributed by atoms with Crippen LogP contribution in [-0.4, -0.2) is 46.5 Å². The first-order valence-corrected chi connectivity index (χ1v) is 12.2. The zero-order chi connectivity index (χ0) is 24.0. The monoisotopic (exact) mass is 465 g/mol. The standard InChI is InChI=1S/C23H27N3O3.C4H8O/c1-3-5-13-28-17-11-12-19(21(15-17)29-14-6-4-2)23-25-16-24-22(26-23)18-9-7-8-10-20(18)27;1-2-4-5-3-1/h7-12,15-16,27H,3-6,13-14H2,1-2H3;1-4H2. The van der Waals surface area contributed by atoms with Crippen LogP contribution in [0.3, 0.4) is 0 Å². The van der Waals surface area contributed by atoms with Crippen LogP contribution in [0.4, 0.5) is 0 Å². The van der Waals surface area contributed by atoms with Gasteiger partial charge in [0.15, 0.2) is 11.6 Å². The van der Waals surface area contributed by atoms with E-state index in [0.717, 1.165) is 50.2 Å². The predicted octanol–water partition coefficient (Wildman–Crippen LogP) is 6.07. The maximum atomic E-state index is 10.1. The van der Waals surface area contributed by atoms with Crippen molar-refractivity contribution >= 4 is 0 Å². The fourth-order valence-electron chi connectivity index (χ4n) is 3.29. The number of ether oxygens (including phenoxy) is 3. The van der Waals surface area contributed by atoms with Gasteiger partial charge in [-0.25, -0.2) is 15.0 Å². The fourth-order valence-corrected chi connectivity index (χ4v) is 3.29. The van der Waals surface area contributed by atoms with Crippen molar-refractivity contribution in [3.05, 3.63) is 48.8 Å². The normalized spacial score (nSPS) is 12.6. The zero-order valence-corrected chi connectivity index (χ0v) is 20.2. The number of aromatic nitrogens is 3. The van der Waals surface area contributed by atoms with E-state index in [2.05, 4.69) is 28.8 Å². The molecule has 0 atom stereocenters. The smallest absolute Gasteiger partial charge is 0.167 e. The third-order valence-electron chi connectivity index (χ3n) is 5.26. The van der Waals surface area contributed by atoms with Crippen molar-refractivity contribution < 1.29 is 19.3 Å².